The minimum absolute atomic E-state index is 0. The Kier molecular flexibility index (Phi) is 13.9. The second kappa shape index (κ2) is 13.2. The summed E-state index contributed by atoms with van der Waals surface area (Å²) in [7, 11) is 0. The van der Waals surface area contributed by atoms with Gasteiger partial charge in [0, 0.05) is 0 Å². The number of benzene rings is 2. The van der Waals surface area contributed by atoms with Gasteiger partial charge in [-0.25, -0.2) is 0 Å². The maximum atomic E-state index is 3.30. The molecule has 1 aliphatic rings. The molecule has 1 aliphatic carbocycles. The molecule has 0 atom stereocenters. The van der Waals surface area contributed by atoms with Crippen LogP contribution in [0.25, 0.3) is 11.1 Å². The molecule has 0 bridgehead atoms. The standard InChI is InChI=1S/C13H9.C7H9.C2H4.2ClH.Zr/c1-3-7-12-10(5-1)9-11-6-2-4-8-13(11)12;1-6-4-3-5-7(6)2;1-2;;;/h1-5,7-8H,9H2;3-5H,1-2H3;1-2H2;2*1H;/q2*-1;;;;+4/p-2. The van der Waals surface area contributed by atoms with Gasteiger partial charge < -0.3 is 24.8 Å². The third-order valence-corrected chi connectivity index (χ3v) is 3.93. The summed E-state index contributed by atoms with van der Waals surface area (Å²) < 4.78 is 0. The predicted octanol–water partition coefficient (Wildman–Crippen LogP) is -0.112. The molecule has 0 nitrogen and oxygen atoms in total. The third kappa shape index (κ3) is 6.66. The van der Waals surface area contributed by atoms with Crippen LogP contribution in [0.3, 0.4) is 0 Å². The first-order valence-corrected chi connectivity index (χ1v) is 7.52. The fourth-order valence-electron chi connectivity index (χ4n) is 2.60. The van der Waals surface area contributed by atoms with Gasteiger partial charge in [-0.3, -0.25) is 0 Å². The maximum Gasteiger partial charge on any atom is 4.00 e. The van der Waals surface area contributed by atoms with E-state index >= 15 is 0 Å². The van der Waals surface area contributed by atoms with Crippen LogP contribution < -0.4 is 24.8 Å². The first-order chi connectivity index (χ1) is 10.8. The maximum absolute atomic E-state index is 3.30. The van der Waals surface area contributed by atoms with E-state index in [4.69, 9.17) is 0 Å². The summed E-state index contributed by atoms with van der Waals surface area (Å²) in [6.45, 7) is 10.2. The van der Waals surface area contributed by atoms with Gasteiger partial charge >= 0.3 is 26.2 Å². The Bertz CT molecular complexity index is 687. The van der Waals surface area contributed by atoms with Crippen LogP contribution in [0.15, 0.2) is 73.8 Å². The minimum atomic E-state index is 0. The van der Waals surface area contributed by atoms with Gasteiger partial charge in [-0.15, -0.1) is 18.7 Å². The molecule has 0 unspecified atom stereocenters. The molecule has 0 saturated heterocycles. The van der Waals surface area contributed by atoms with E-state index in [1.54, 1.807) is 0 Å². The molecule has 4 rings (SSSR count). The van der Waals surface area contributed by atoms with E-state index < -0.39 is 0 Å². The second-order valence-corrected chi connectivity index (χ2v) is 5.29. The Labute approximate surface area is 183 Å². The molecule has 0 aromatic heterocycles. The molecule has 3 aromatic carbocycles. The smallest absolute Gasteiger partial charge is 1.00 e. The van der Waals surface area contributed by atoms with Crippen LogP contribution in [-0.4, -0.2) is 0 Å². The number of aryl methyl sites for hydroxylation is 2. The molecule has 3 aromatic rings. The van der Waals surface area contributed by atoms with Crippen molar-refractivity contribution in [1.29, 1.82) is 0 Å². The van der Waals surface area contributed by atoms with Gasteiger partial charge in [0.05, 0.1) is 0 Å². The number of hydrogen-bond donors (Lipinski definition) is 0. The largest absolute Gasteiger partial charge is 4.00 e. The Morgan fingerprint density at radius 3 is 2.00 bits per heavy atom. The molecule has 25 heavy (non-hydrogen) atoms. The van der Waals surface area contributed by atoms with Gasteiger partial charge in [0.1, 0.15) is 0 Å². The Balaban J connectivity index is 0. The number of fused-ring (bicyclic) bond motifs is 3. The van der Waals surface area contributed by atoms with E-state index in [2.05, 4.69) is 87.7 Å². The van der Waals surface area contributed by atoms with Gasteiger partial charge in [-0.05, 0) is 6.42 Å². The summed E-state index contributed by atoms with van der Waals surface area (Å²) in [6.07, 6.45) is 1.05. The molecule has 0 N–H and O–H groups in total. The van der Waals surface area contributed by atoms with E-state index in [1.807, 2.05) is 6.07 Å². The van der Waals surface area contributed by atoms with Crippen molar-refractivity contribution in [2.45, 2.75) is 20.3 Å². The van der Waals surface area contributed by atoms with Crippen LogP contribution in [0.4, 0.5) is 0 Å². The van der Waals surface area contributed by atoms with Crippen LogP contribution in [0.1, 0.15) is 22.3 Å². The van der Waals surface area contributed by atoms with Gasteiger partial charge in [-0.2, -0.15) is 59.2 Å². The zero-order valence-electron chi connectivity index (χ0n) is 14.7. The van der Waals surface area contributed by atoms with Crippen LogP contribution in [0, 0.1) is 19.9 Å². The summed E-state index contributed by atoms with van der Waals surface area (Å²) in [5.74, 6) is 0. The number of rotatable bonds is 0. The SMILES string of the molecule is C=C.Cc1c[cH-]cc1C.[Cl-].[Cl-].[Zr+4].[c-]1cccc2c1Cc1ccccc1-2. The van der Waals surface area contributed by atoms with E-state index in [1.165, 1.54) is 33.4 Å². The number of hydrogen-bond acceptors (Lipinski definition) is 0. The summed E-state index contributed by atoms with van der Waals surface area (Å²) in [6, 6.07) is 24.4. The molecule has 128 valence electrons. The summed E-state index contributed by atoms with van der Waals surface area (Å²) >= 11 is 0. The van der Waals surface area contributed by atoms with E-state index in [-0.39, 0.29) is 51.0 Å². The minimum Gasteiger partial charge on any atom is -1.00 e. The normalized spacial score (nSPS) is 9.20. The zero-order chi connectivity index (χ0) is 15.9. The average molecular weight is 449 g/mol. The Morgan fingerprint density at radius 2 is 1.44 bits per heavy atom. The quantitative estimate of drug-likeness (QED) is 0.260. The first-order valence-electron chi connectivity index (χ1n) is 7.52. The van der Waals surface area contributed by atoms with Crippen molar-refractivity contribution in [2.24, 2.45) is 0 Å². The van der Waals surface area contributed by atoms with Crippen molar-refractivity contribution < 1.29 is 51.0 Å². The van der Waals surface area contributed by atoms with Crippen LogP contribution >= 0.6 is 0 Å². The molecule has 3 heteroatoms. The van der Waals surface area contributed by atoms with Crippen LogP contribution in [0.5, 0.6) is 0 Å². The van der Waals surface area contributed by atoms with Crippen LogP contribution in [-0.2, 0) is 32.6 Å². The van der Waals surface area contributed by atoms with Gasteiger partial charge in [0.15, 0.2) is 0 Å². The molecule has 0 amide bonds. The van der Waals surface area contributed by atoms with Crippen molar-refractivity contribution in [2.75, 3.05) is 0 Å². The van der Waals surface area contributed by atoms with Gasteiger partial charge in [-0.1, -0.05) is 49.2 Å². The first kappa shape index (κ1) is 26.2. The second-order valence-electron chi connectivity index (χ2n) is 5.29. The molecular weight excluding hydrogens is 426 g/mol. The average Bonchev–Trinajstić information content (AvgIpc) is 3.13. The molecule has 0 spiro atoms. The molecule has 0 radical (unpaired) electrons. The summed E-state index contributed by atoms with van der Waals surface area (Å²) in [4.78, 5) is 0. The predicted molar refractivity (Wildman–Crippen MR) is 96.3 cm³/mol. The topological polar surface area (TPSA) is 0 Å². The fraction of sp³-hybridized carbons (Fsp3) is 0.136. The fourth-order valence-corrected chi connectivity index (χ4v) is 2.60. The Hall–Kier alpha value is -1.01. The molecule has 0 fully saturated rings. The molecular formula is C22H22Cl2Zr. The zero-order valence-corrected chi connectivity index (χ0v) is 18.6. The van der Waals surface area contributed by atoms with Crippen LogP contribution in [0.2, 0.25) is 0 Å². The van der Waals surface area contributed by atoms with Crippen molar-refractivity contribution in [3.8, 4) is 11.1 Å². The molecule has 0 saturated carbocycles. The molecule has 0 aliphatic heterocycles. The van der Waals surface area contributed by atoms with E-state index in [0.717, 1.165) is 6.42 Å². The van der Waals surface area contributed by atoms with Crippen molar-refractivity contribution in [3.05, 3.63) is 102 Å². The van der Waals surface area contributed by atoms with E-state index in [9.17, 15) is 0 Å². The Morgan fingerprint density at radius 1 is 0.880 bits per heavy atom. The van der Waals surface area contributed by atoms with Gasteiger partial charge in [0.25, 0.3) is 0 Å². The summed E-state index contributed by atoms with van der Waals surface area (Å²) in [5, 5.41) is 0. The van der Waals surface area contributed by atoms with Crippen molar-refractivity contribution in [3.63, 3.8) is 0 Å². The third-order valence-electron chi connectivity index (χ3n) is 3.93. The summed E-state index contributed by atoms with van der Waals surface area (Å²) in [5.41, 5.74) is 8.29. The van der Waals surface area contributed by atoms with Gasteiger partial charge in [0.2, 0.25) is 0 Å². The number of halogens is 2. The van der Waals surface area contributed by atoms with Crippen molar-refractivity contribution >= 4 is 0 Å². The van der Waals surface area contributed by atoms with E-state index in [0.29, 0.717) is 0 Å². The monoisotopic (exact) mass is 446 g/mol. The molecule has 0 heterocycles. The van der Waals surface area contributed by atoms with Crippen molar-refractivity contribution in [1.82, 2.24) is 0 Å².